The predicted octanol–water partition coefficient (Wildman–Crippen LogP) is 2.90. The molecular weight excluding hydrogens is 282 g/mol. The van der Waals surface area contributed by atoms with Crippen molar-refractivity contribution in [2.75, 3.05) is 17.7 Å². The molecule has 0 spiro atoms. The van der Waals surface area contributed by atoms with Gasteiger partial charge >= 0.3 is 11.7 Å². The Morgan fingerprint density at radius 2 is 1.91 bits per heavy atom. The van der Waals surface area contributed by atoms with Gasteiger partial charge in [0, 0.05) is 18.5 Å². The number of rotatable bonds is 3. The number of hydrogen-bond donors (Lipinski definition) is 3. The van der Waals surface area contributed by atoms with Gasteiger partial charge in [0.1, 0.15) is 5.58 Å². The summed E-state index contributed by atoms with van der Waals surface area (Å²) >= 11 is 0. The van der Waals surface area contributed by atoms with Gasteiger partial charge in [-0.05, 0) is 25.0 Å². The van der Waals surface area contributed by atoms with Gasteiger partial charge in [-0.1, -0.05) is 25.0 Å². The fourth-order valence-corrected chi connectivity index (χ4v) is 2.86. The molecule has 1 aromatic heterocycles. The van der Waals surface area contributed by atoms with Gasteiger partial charge in [-0.3, -0.25) is 5.32 Å². The van der Waals surface area contributed by atoms with Gasteiger partial charge in [-0.15, -0.1) is 0 Å². The van der Waals surface area contributed by atoms with Gasteiger partial charge in [-0.2, -0.15) is 0 Å². The van der Waals surface area contributed by atoms with E-state index < -0.39 is 11.7 Å². The van der Waals surface area contributed by atoms with Gasteiger partial charge < -0.3 is 15.1 Å². The van der Waals surface area contributed by atoms with E-state index >= 15 is 0 Å². The fraction of sp³-hybridized carbons (Fsp3) is 0.375. The Bertz CT molecular complexity index is 748. The molecule has 2 amide bonds. The molecule has 0 radical (unpaired) electrons. The van der Waals surface area contributed by atoms with Crippen molar-refractivity contribution >= 4 is 28.4 Å². The third-order valence-corrected chi connectivity index (χ3v) is 3.98. The molecule has 0 aliphatic heterocycles. The number of carbonyl (C=O) groups is 1. The molecule has 6 heteroatoms. The zero-order valence-electron chi connectivity index (χ0n) is 12.4. The summed E-state index contributed by atoms with van der Waals surface area (Å²) in [5.74, 6) is 0. The summed E-state index contributed by atoms with van der Waals surface area (Å²) in [5.41, 5.74) is 0.755. The molecule has 1 heterocycles. The van der Waals surface area contributed by atoms with Crippen molar-refractivity contribution in [1.29, 1.82) is 0 Å². The topological polar surface area (TPSA) is 83.4 Å². The largest absolute Gasteiger partial charge is 0.421 e. The highest BCUT2D eigenvalue weighted by molar-refractivity contribution is 6.01. The van der Waals surface area contributed by atoms with Crippen molar-refractivity contribution in [3.63, 3.8) is 0 Å². The van der Waals surface area contributed by atoms with Crippen LogP contribution in [-0.2, 0) is 0 Å². The molecule has 0 unspecified atom stereocenters. The summed E-state index contributed by atoms with van der Waals surface area (Å²) in [7, 11) is 1.50. The summed E-state index contributed by atoms with van der Waals surface area (Å²) < 4.78 is 5.31. The van der Waals surface area contributed by atoms with Crippen molar-refractivity contribution < 1.29 is 9.21 Å². The second-order valence-corrected chi connectivity index (χ2v) is 5.47. The Balaban J connectivity index is 2.11. The number of anilines is 2. The van der Waals surface area contributed by atoms with Crippen LogP contribution in [0.4, 0.5) is 16.2 Å². The van der Waals surface area contributed by atoms with Gasteiger partial charge in [0.2, 0.25) is 0 Å². The number of urea groups is 1. The lowest BCUT2D eigenvalue weighted by atomic mass is 10.1. The van der Waals surface area contributed by atoms with Crippen LogP contribution in [0.3, 0.4) is 0 Å². The Hall–Kier alpha value is -2.50. The number of fused-ring (bicyclic) bond motifs is 1. The Kier molecular flexibility index (Phi) is 4.00. The Labute approximate surface area is 127 Å². The quantitative estimate of drug-likeness (QED) is 0.761. The van der Waals surface area contributed by atoms with Gasteiger partial charge in [0.05, 0.1) is 5.69 Å². The number of nitrogens with one attached hydrogen (secondary N) is 3. The molecule has 3 rings (SSSR count). The van der Waals surface area contributed by atoms with Crippen LogP contribution in [0.1, 0.15) is 25.7 Å². The van der Waals surface area contributed by atoms with E-state index in [-0.39, 0.29) is 5.69 Å². The number of benzene rings is 1. The number of amides is 2. The normalized spacial score (nSPS) is 15.0. The van der Waals surface area contributed by atoms with Crippen molar-refractivity contribution in [3.05, 3.63) is 34.7 Å². The summed E-state index contributed by atoms with van der Waals surface area (Å²) in [4.78, 5) is 23.9. The van der Waals surface area contributed by atoms with Crippen LogP contribution >= 0.6 is 0 Å². The minimum absolute atomic E-state index is 0.157. The second-order valence-electron chi connectivity index (χ2n) is 5.47. The summed E-state index contributed by atoms with van der Waals surface area (Å²) in [5, 5.41) is 9.24. The molecule has 0 saturated heterocycles. The maximum atomic E-state index is 12.2. The first kappa shape index (κ1) is 14.4. The van der Waals surface area contributed by atoms with E-state index in [0.29, 0.717) is 17.3 Å². The minimum Gasteiger partial charge on any atom is -0.421 e. The molecule has 3 N–H and O–H groups in total. The maximum absolute atomic E-state index is 12.2. The van der Waals surface area contributed by atoms with E-state index in [4.69, 9.17) is 4.42 Å². The molecule has 116 valence electrons. The lowest BCUT2D eigenvalue weighted by molar-refractivity contribution is 0.254. The van der Waals surface area contributed by atoms with E-state index in [1.165, 1.54) is 19.9 Å². The second kappa shape index (κ2) is 6.09. The van der Waals surface area contributed by atoms with E-state index in [1.54, 1.807) is 6.07 Å². The fourth-order valence-electron chi connectivity index (χ4n) is 2.86. The first-order valence-electron chi connectivity index (χ1n) is 7.50. The zero-order valence-corrected chi connectivity index (χ0v) is 12.4. The van der Waals surface area contributed by atoms with E-state index in [1.807, 2.05) is 18.2 Å². The standard InChI is InChI=1S/C16H19N3O3/c1-17-16(21)19-14-13(18-10-6-2-3-7-10)11-8-4-5-9-12(11)22-15(14)20/h4-5,8-10,18H,2-3,6-7H2,1H3,(H2,17,19,21). The van der Waals surface area contributed by atoms with Crippen molar-refractivity contribution in [1.82, 2.24) is 5.32 Å². The van der Waals surface area contributed by atoms with Crippen LogP contribution < -0.4 is 21.6 Å². The van der Waals surface area contributed by atoms with Crippen molar-refractivity contribution in [2.45, 2.75) is 31.7 Å². The molecule has 6 nitrogen and oxygen atoms in total. The van der Waals surface area contributed by atoms with Crippen LogP contribution in [0.5, 0.6) is 0 Å². The lowest BCUT2D eigenvalue weighted by Crippen LogP contribution is -2.29. The minimum atomic E-state index is -0.553. The molecule has 1 aliphatic rings. The number of hydrogen-bond acceptors (Lipinski definition) is 4. The average molecular weight is 301 g/mol. The zero-order chi connectivity index (χ0) is 15.5. The van der Waals surface area contributed by atoms with Gasteiger partial charge in [-0.25, -0.2) is 9.59 Å². The molecule has 0 atom stereocenters. The summed E-state index contributed by atoms with van der Waals surface area (Å²) in [6, 6.07) is 7.19. The van der Waals surface area contributed by atoms with E-state index in [0.717, 1.165) is 18.2 Å². The molecule has 1 aromatic carbocycles. The van der Waals surface area contributed by atoms with Crippen LogP contribution in [0.25, 0.3) is 11.0 Å². The summed E-state index contributed by atoms with van der Waals surface area (Å²) in [6.07, 6.45) is 4.48. The van der Waals surface area contributed by atoms with E-state index in [9.17, 15) is 9.59 Å². The molecule has 1 fully saturated rings. The smallest absolute Gasteiger partial charge is 0.362 e. The Morgan fingerprint density at radius 1 is 1.18 bits per heavy atom. The average Bonchev–Trinajstić information content (AvgIpc) is 3.03. The van der Waals surface area contributed by atoms with Crippen molar-refractivity contribution in [2.24, 2.45) is 0 Å². The van der Waals surface area contributed by atoms with Crippen LogP contribution in [0.2, 0.25) is 0 Å². The monoisotopic (exact) mass is 301 g/mol. The van der Waals surface area contributed by atoms with Crippen LogP contribution in [0, 0.1) is 0 Å². The molecule has 1 aliphatic carbocycles. The van der Waals surface area contributed by atoms with Crippen LogP contribution in [-0.4, -0.2) is 19.1 Å². The first-order chi connectivity index (χ1) is 10.7. The first-order valence-corrected chi connectivity index (χ1v) is 7.50. The third kappa shape index (κ3) is 2.77. The lowest BCUT2D eigenvalue weighted by Gasteiger charge is -2.18. The molecule has 2 aromatic rings. The molecular formula is C16H19N3O3. The molecule has 22 heavy (non-hydrogen) atoms. The van der Waals surface area contributed by atoms with Crippen LogP contribution in [0.15, 0.2) is 33.5 Å². The number of para-hydroxylation sites is 1. The highest BCUT2D eigenvalue weighted by Gasteiger charge is 2.21. The molecule has 0 bridgehead atoms. The SMILES string of the molecule is CNC(=O)Nc1c(NC2CCCC2)c2ccccc2oc1=O. The predicted molar refractivity (Wildman–Crippen MR) is 86.4 cm³/mol. The van der Waals surface area contributed by atoms with Crippen molar-refractivity contribution in [3.8, 4) is 0 Å². The highest BCUT2D eigenvalue weighted by Crippen LogP contribution is 2.32. The van der Waals surface area contributed by atoms with E-state index in [2.05, 4.69) is 16.0 Å². The molecule has 1 saturated carbocycles. The third-order valence-electron chi connectivity index (χ3n) is 3.98. The van der Waals surface area contributed by atoms with Gasteiger partial charge in [0.15, 0.2) is 5.69 Å². The van der Waals surface area contributed by atoms with Gasteiger partial charge in [0.25, 0.3) is 0 Å². The highest BCUT2D eigenvalue weighted by atomic mass is 16.4. The maximum Gasteiger partial charge on any atom is 0.362 e. The number of carbonyl (C=O) groups excluding carboxylic acids is 1. The summed E-state index contributed by atoms with van der Waals surface area (Å²) in [6.45, 7) is 0. The Morgan fingerprint density at radius 3 is 2.64 bits per heavy atom.